The molecule has 9 heteroatoms. The molecule has 0 saturated carbocycles. The second kappa shape index (κ2) is 6.12. The van der Waals surface area contributed by atoms with Gasteiger partial charge in [0, 0.05) is 17.4 Å². The largest absolute Gasteiger partial charge is 0.373 e. The zero-order chi connectivity index (χ0) is 16.6. The number of thioether (sulfide) groups is 1. The summed E-state index contributed by atoms with van der Waals surface area (Å²) in [4.78, 5) is 45.9. The Morgan fingerprint density at radius 2 is 2.04 bits per heavy atom. The topological polar surface area (TPSA) is 125 Å². The molecule has 0 radical (unpaired) electrons. The van der Waals surface area contributed by atoms with Crippen LogP contribution in [0, 0.1) is 0 Å². The fourth-order valence-corrected chi connectivity index (χ4v) is 4.84. The first-order valence-electron chi connectivity index (χ1n) is 7.69. The van der Waals surface area contributed by atoms with E-state index in [9.17, 15) is 24.3 Å². The third-order valence-electron chi connectivity index (χ3n) is 4.59. The second-order valence-electron chi connectivity index (χ2n) is 6.21. The number of carbonyl (C=O) groups is 4. The number of rotatable bonds is 6. The van der Waals surface area contributed by atoms with E-state index < -0.39 is 29.6 Å². The maximum absolute atomic E-state index is 12.0. The van der Waals surface area contributed by atoms with Crippen molar-refractivity contribution in [2.45, 2.75) is 55.0 Å². The van der Waals surface area contributed by atoms with E-state index in [1.807, 2.05) is 5.32 Å². The van der Waals surface area contributed by atoms with E-state index in [-0.39, 0.29) is 24.5 Å². The van der Waals surface area contributed by atoms with E-state index in [4.69, 9.17) is 0 Å². The number of hydrogen-bond acceptors (Lipinski definition) is 6. The molecular weight excluding hydrogens is 322 g/mol. The molecule has 126 valence electrons. The number of imide groups is 1. The Kier molecular flexibility index (Phi) is 4.33. The van der Waals surface area contributed by atoms with Crippen molar-refractivity contribution in [1.29, 1.82) is 0 Å². The minimum absolute atomic E-state index is 0.0628. The van der Waals surface area contributed by atoms with Gasteiger partial charge in [0.05, 0.1) is 18.5 Å². The number of aliphatic hydroxyl groups is 1. The number of nitrogens with one attached hydrogen (secondary N) is 3. The van der Waals surface area contributed by atoms with Gasteiger partial charge >= 0.3 is 6.03 Å². The van der Waals surface area contributed by atoms with Crippen molar-refractivity contribution in [2.75, 3.05) is 5.75 Å². The van der Waals surface area contributed by atoms with Gasteiger partial charge in [-0.1, -0.05) is 6.42 Å². The van der Waals surface area contributed by atoms with Crippen LogP contribution in [0.3, 0.4) is 0 Å². The number of fused-ring (bicyclic) bond motifs is 1. The number of hydrogen-bond donors (Lipinski definition) is 4. The number of unbranched alkanes of at least 4 members (excludes halogenated alkanes) is 1. The van der Waals surface area contributed by atoms with Gasteiger partial charge in [0.25, 0.3) is 5.91 Å². The normalized spacial score (nSPS) is 35.7. The summed E-state index contributed by atoms with van der Waals surface area (Å²) in [5.41, 5.74) is -2.19. The molecule has 4 amide bonds. The number of carbonyl (C=O) groups excluding carboxylic acids is 4. The summed E-state index contributed by atoms with van der Waals surface area (Å²) < 4.78 is 0. The molecule has 4 atom stereocenters. The number of Topliss-reactive ketones (excluding diaryl/α,β-unsaturated/α-hetero) is 1. The Morgan fingerprint density at radius 1 is 1.26 bits per heavy atom. The smallest absolute Gasteiger partial charge is 0.315 e. The lowest BCUT2D eigenvalue weighted by Gasteiger charge is -2.18. The molecule has 8 nitrogen and oxygen atoms in total. The highest BCUT2D eigenvalue weighted by atomic mass is 32.2. The SMILES string of the molecule is O=C1CC(O)(C(=O)CCCC[C@@H]2SC[C@@H]3NC(=O)N[C@@H]32)C(=O)N1. The number of ketones is 1. The molecular formula is C14H19N3O5S. The zero-order valence-electron chi connectivity index (χ0n) is 12.5. The highest BCUT2D eigenvalue weighted by Crippen LogP contribution is 2.33. The molecule has 4 N–H and O–H groups in total. The van der Waals surface area contributed by atoms with Crippen molar-refractivity contribution in [2.24, 2.45) is 0 Å². The van der Waals surface area contributed by atoms with Crippen LogP contribution < -0.4 is 16.0 Å². The summed E-state index contributed by atoms with van der Waals surface area (Å²) in [5.74, 6) is -1.26. The molecule has 3 saturated heterocycles. The summed E-state index contributed by atoms with van der Waals surface area (Å²) in [6.07, 6.45) is 1.73. The highest BCUT2D eigenvalue weighted by Gasteiger charge is 2.50. The molecule has 0 aromatic rings. The Morgan fingerprint density at radius 3 is 2.74 bits per heavy atom. The Labute approximate surface area is 137 Å². The molecule has 3 fully saturated rings. The van der Waals surface area contributed by atoms with Crippen LogP contribution in [-0.4, -0.2) is 57.4 Å². The predicted octanol–water partition coefficient (Wildman–Crippen LogP) is -0.941. The molecule has 0 aliphatic carbocycles. The third-order valence-corrected chi connectivity index (χ3v) is 6.10. The molecule has 0 aromatic heterocycles. The van der Waals surface area contributed by atoms with E-state index >= 15 is 0 Å². The van der Waals surface area contributed by atoms with Gasteiger partial charge in [0.2, 0.25) is 11.5 Å². The van der Waals surface area contributed by atoms with Crippen molar-refractivity contribution in [3.8, 4) is 0 Å². The van der Waals surface area contributed by atoms with Crippen LogP contribution in [0.2, 0.25) is 0 Å². The van der Waals surface area contributed by atoms with Gasteiger partial charge in [-0.25, -0.2) is 4.79 Å². The molecule has 3 aliphatic rings. The van der Waals surface area contributed by atoms with Crippen LogP contribution >= 0.6 is 11.8 Å². The molecule has 3 rings (SSSR count). The molecule has 0 aromatic carbocycles. The van der Waals surface area contributed by atoms with Gasteiger partial charge < -0.3 is 15.7 Å². The Bertz CT molecular complexity index is 569. The quantitative estimate of drug-likeness (QED) is 0.214. The predicted molar refractivity (Wildman–Crippen MR) is 81.7 cm³/mol. The van der Waals surface area contributed by atoms with Crippen molar-refractivity contribution in [3.63, 3.8) is 0 Å². The van der Waals surface area contributed by atoms with Gasteiger partial charge in [-0.15, -0.1) is 0 Å². The minimum Gasteiger partial charge on any atom is -0.373 e. The second-order valence-corrected chi connectivity index (χ2v) is 7.48. The lowest BCUT2D eigenvalue weighted by molar-refractivity contribution is -0.149. The fraction of sp³-hybridized carbons (Fsp3) is 0.714. The van der Waals surface area contributed by atoms with Crippen molar-refractivity contribution in [3.05, 3.63) is 0 Å². The maximum atomic E-state index is 12.0. The average molecular weight is 341 g/mol. The Balaban J connectivity index is 1.42. The first kappa shape index (κ1) is 16.3. The van der Waals surface area contributed by atoms with Gasteiger partial charge in [-0.05, 0) is 12.8 Å². The van der Waals surface area contributed by atoms with Crippen molar-refractivity contribution < 1.29 is 24.3 Å². The van der Waals surface area contributed by atoms with Crippen LogP contribution in [-0.2, 0) is 14.4 Å². The summed E-state index contributed by atoms with van der Waals surface area (Å²) in [6, 6.07) is 0.179. The first-order valence-corrected chi connectivity index (χ1v) is 8.73. The standard InChI is InChI=1S/C14H19N3O5S/c18-9(14(22)5-10(19)16-12(14)20)4-2-1-3-8-11-7(6-23-8)15-13(21)17-11/h7-8,11,22H,1-6H2,(H2,15,17,21)(H,16,19,20)/t7-,8-,11-,14?/m0/s1. The van der Waals surface area contributed by atoms with Crippen LogP contribution in [0.25, 0.3) is 0 Å². The molecule has 3 aliphatic heterocycles. The summed E-state index contributed by atoms with van der Waals surface area (Å²) in [5, 5.41) is 18.1. The monoisotopic (exact) mass is 341 g/mol. The van der Waals surface area contributed by atoms with Gasteiger partial charge in [-0.2, -0.15) is 11.8 Å². The lowest BCUT2D eigenvalue weighted by Crippen LogP contribution is -2.45. The van der Waals surface area contributed by atoms with E-state index in [0.717, 1.165) is 18.6 Å². The van der Waals surface area contributed by atoms with E-state index in [1.54, 1.807) is 11.8 Å². The minimum atomic E-state index is -2.19. The summed E-state index contributed by atoms with van der Waals surface area (Å²) >= 11 is 1.80. The number of urea groups is 1. The zero-order valence-corrected chi connectivity index (χ0v) is 13.3. The number of amides is 4. The van der Waals surface area contributed by atoms with Crippen LogP contribution in [0.1, 0.15) is 32.1 Å². The van der Waals surface area contributed by atoms with Crippen molar-refractivity contribution in [1.82, 2.24) is 16.0 Å². The fourth-order valence-electron chi connectivity index (χ4n) is 3.29. The van der Waals surface area contributed by atoms with Crippen LogP contribution in [0.5, 0.6) is 0 Å². The molecule has 0 bridgehead atoms. The molecule has 1 unspecified atom stereocenters. The van der Waals surface area contributed by atoms with Gasteiger partial charge in [-0.3, -0.25) is 19.7 Å². The van der Waals surface area contributed by atoms with E-state index in [1.165, 1.54) is 0 Å². The van der Waals surface area contributed by atoms with E-state index in [0.29, 0.717) is 11.7 Å². The molecule has 0 spiro atoms. The van der Waals surface area contributed by atoms with Crippen molar-refractivity contribution >= 4 is 35.4 Å². The summed E-state index contributed by atoms with van der Waals surface area (Å²) in [6.45, 7) is 0. The van der Waals surface area contributed by atoms with Crippen LogP contribution in [0.4, 0.5) is 4.79 Å². The van der Waals surface area contributed by atoms with Crippen LogP contribution in [0.15, 0.2) is 0 Å². The molecule has 23 heavy (non-hydrogen) atoms. The highest BCUT2D eigenvalue weighted by molar-refractivity contribution is 8.00. The lowest BCUT2D eigenvalue weighted by atomic mass is 9.92. The third kappa shape index (κ3) is 3.07. The first-order chi connectivity index (χ1) is 10.9. The van der Waals surface area contributed by atoms with Gasteiger partial charge in [0.15, 0.2) is 5.78 Å². The van der Waals surface area contributed by atoms with Gasteiger partial charge in [0.1, 0.15) is 0 Å². The maximum Gasteiger partial charge on any atom is 0.315 e. The van der Waals surface area contributed by atoms with E-state index in [2.05, 4.69) is 10.6 Å². The Hall–Kier alpha value is -1.61. The summed E-state index contributed by atoms with van der Waals surface area (Å²) in [7, 11) is 0. The average Bonchev–Trinajstić information content (AvgIpc) is 3.09. The molecule has 3 heterocycles.